The Balaban J connectivity index is 1.15. The molecule has 2 aliphatic carbocycles. The van der Waals surface area contributed by atoms with Crippen LogP contribution in [0.25, 0.3) is 65.7 Å². The van der Waals surface area contributed by atoms with E-state index in [1.54, 1.807) is 0 Å². The van der Waals surface area contributed by atoms with Crippen molar-refractivity contribution >= 4 is 71.9 Å². The number of benzene rings is 10. The number of fused-ring (bicyclic) bond motifs is 19. The summed E-state index contributed by atoms with van der Waals surface area (Å²) in [6.07, 6.45) is 0. The fourth-order valence-corrected chi connectivity index (χ4v) is 12.3. The smallest absolute Gasteiger partial charge is 0.145 e. The average molecular weight is 905 g/mol. The van der Waals surface area contributed by atoms with Gasteiger partial charge in [0, 0.05) is 33.7 Å². The van der Waals surface area contributed by atoms with Crippen LogP contribution in [-0.4, -0.2) is 0 Å². The zero-order valence-electron chi connectivity index (χ0n) is 41.3. The maximum Gasteiger partial charge on any atom is 0.145 e. The van der Waals surface area contributed by atoms with Crippen LogP contribution in [0.4, 0.5) is 28.4 Å². The van der Waals surface area contributed by atoms with Crippen molar-refractivity contribution < 1.29 is 4.42 Å². The third kappa shape index (κ3) is 6.13. The molecule has 0 radical (unpaired) electrons. The van der Waals surface area contributed by atoms with Crippen LogP contribution in [0.3, 0.4) is 0 Å². The van der Waals surface area contributed by atoms with Gasteiger partial charge in [0.15, 0.2) is 0 Å². The van der Waals surface area contributed by atoms with Crippen LogP contribution >= 0.6 is 0 Å². The first kappa shape index (κ1) is 42.2. The normalized spacial score (nSPS) is 13.5. The Hall–Kier alpha value is -7.88. The van der Waals surface area contributed by atoms with E-state index < -0.39 is 5.41 Å². The molecular formula is C67H56N2O. The summed E-state index contributed by atoms with van der Waals surface area (Å²) < 4.78 is 7.28. The highest BCUT2D eigenvalue weighted by molar-refractivity contribution is 6.26. The van der Waals surface area contributed by atoms with Crippen molar-refractivity contribution in [3.05, 3.63) is 233 Å². The van der Waals surface area contributed by atoms with Gasteiger partial charge < -0.3 is 14.6 Å². The standard InChI is InChI=1S/C67H56N2O/c1-40-35-41(2)37-47(36-40)69(45-31-27-43(28-32-45)66(6,7)8)46-33-34-52-54(38-46)48-17-9-10-20-51(48)61-62-57(67(63(52)61)55-22-14-11-18-49(55)50-19-12-15-23-56(50)67)39-58(60-53-21-13-16-24-59(53)70-64(60)62)68-44-29-25-42(26-30-44)65(3,4)5/h9-39,68H,1-8H3. The first-order valence-electron chi connectivity index (χ1n) is 24.8. The summed E-state index contributed by atoms with van der Waals surface area (Å²) in [5.74, 6) is 0. The maximum atomic E-state index is 7.28. The maximum absolute atomic E-state index is 7.28. The third-order valence-corrected chi connectivity index (χ3v) is 15.4. The molecule has 0 aliphatic heterocycles. The summed E-state index contributed by atoms with van der Waals surface area (Å²) in [5, 5.41) is 11.1. The Morgan fingerprint density at radius 1 is 0.443 bits per heavy atom. The van der Waals surface area contributed by atoms with E-state index in [1.807, 2.05) is 0 Å². The number of furan rings is 1. The Bertz CT molecular complexity index is 3880. The van der Waals surface area contributed by atoms with Gasteiger partial charge in [-0.25, -0.2) is 0 Å². The number of para-hydroxylation sites is 1. The summed E-state index contributed by atoms with van der Waals surface area (Å²) in [7, 11) is 0. The summed E-state index contributed by atoms with van der Waals surface area (Å²) in [6.45, 7) is 18.1. The zero-order valence-corrected chi connectivity index (χ0v) is 41.3. The molecule has 0 saturated heterocycles. The molecule has 0 saturated carbocycles. The van der Waals surface area contributed by atoms with Crippen LogP contribution in [0.5, 0.6) is 0 Å². The van der Waals surface area contributed by atoms with E-state index in [9.17, 15) is 0 Å². The van der Waals surface area contributed by atoms with Gasteiger partial charge in [0.2, 0.25) is 0 Å². The molecule has 11 aromatic rings. The second kappa shape index (κ2) is 15.1. The van der Waals surface area contributed by atoms with Crippen molar-refractivity contribution in [3.63, 3.8) is 0 Å². The van der Waals surface area contributed by atoms with Gasteiger partial charge in [0.25, 0.3) is 0 Å². The van der Waals surface area contributed by atoms with E-state index in [4.69, 9.17) is 4.42 Å². The Morgan fingerprint density at radius 3 is 1.64 bits per heavy atom. The van der Waals surface area contributed by atoms with E-state index in [1.165, 1.54) is 88.3 Å². The van der Waals surface area contributed by atoms with E-state index >= 15 is 0 Å². The molecule has 2 aliphatic rings. The molecule has 13 rings (SSSR count). The average Bonchev–Trinajstić information content (AvgIpc) is 3.99. The van der Waals surface area contributed by atoms with Gasteiger partial charge >= 0.3 is 0 Å². The number of aryl methyl sites for hydroxylation is 2. The highest BCUT2D eigenvalue weighted by Crippen LogP contribution is 2.67. The van der Waals surface area contributed by atoms with Crippen LogP contribution in [0.2, 0.25) is 0 Å². The molecule has 0 atom stereocenters. The number of rotatable bonds is 5. The lowest BCUT2D eigenvalue weighted by atomic mass is 9.69. The molecule has 0 unspecified atom stereocenters. The predicted octanol–water partition coefficient (Wildman–Crippen LogP) is 18.7. The van der Waals surface area contributed by atoms with Crippen molar-refractivity contribution in [2.75, 3.05) is 10.2 Å². The first-order chi connectivity index (χ1) is 33.8. The van der Waals surface area contributed by atoms with Gasteiger partial charge in [-0.15, -0.1) is 0 Å². The van der Waals surface area contributed by atoms with Gasteiger partial charge in [-0.05, 0) is 168 Å². The Labute approximate surface area is 411 Å². The monoisotopic (exact) mass is 904 g/mol. The summed E-state index contributed by atoms with van der Waals surface area (Å²) in [5.41, 5.74) is 21.8. The number of hydrogen-bond acceptors (Lipinski definition) is 3. The lowest BCUT2D eigenvalue weighted by Crippen LogP contribution is -2.26. The fraction of sp³-hybridized carbons (Fsp3) is 0.164. The number of nitrogens with one attached hydrogen (secondary N) is 1. The lowest BCUT2D eigenvalue weighted by Gasteiger charge is -2.32. The summed E-state index contributed by atoms with van der Waals surface area (Å²) >= 11 is 0. The molecule has 1 N–H and O–H groups in total. The van der Waals surface area contributed by atoms with Crippen LogP contribution in [0.15, 0.2) is 192 Å². The van der Waals surface area contributed by atoms with E-state index in [0.29, 0.717) is 0 Å². The minimum Gasteiger partial charge on any atom is -0.455 e. The zero-order chi connectivity index (χ0) is 47.8. The van der Waals surface area contributed by atoms with Gasteiger partial charge in [-0.1, -0.05) is 169 Å². The molecule has 3 heteroatoms. The molecule has 340 valence electrons. The van der Waals surface area contributed by atoms with E-state index in [2.05, 4.69) is 254 Å². The molecule has 1 spiro atoms. The Kier molecular flexibility index (Phi) is 9.09. The number of hydrogen-bond donors (Lipinski definition) is 1. The molecule has 3 nitrogen and oxygen atoms in total. The molecule has 1 heterocycles. The minimum atomic E-state index is -0.669. The molecule has 1 aromatic heterocycles. The van der Waals surface area contributed by atoms with Crippen LogP contribution in [0, 0.1) is 13.8 Å². The van der Waals surface area contributed by atoms with Gasteiger partial charge in [-0.2, -0.15) is 0 Å². The van der Waals surface area contributed by atoms with Gasteiger partial charge in [-0.3, -0.25) is 0 Å². The molecule has 0 fully saturated rings. The largest absolute Gasteiger partial charge is 0.455 e. The third-order valence-electron chi connectivity index (χ3n) is 15.4. The second-order valence-corrected chi connectivity index (χ2v) is 21.9. The van der Waals surface area contributed by atoms with Crippen LogP contribution < -0.4 is 10.2 Å². The van der Waals surface area contributed by atoms with Gasteiger partial charge in [0.1, 0.15) is 11.2 Å². The van der Waals surface area contributed by atoms with Crippen LogP contribution in [0.1, 0.15) is 86.1 Å². The quantitative estimate of drug-likeness (QED) is 0.174. The first-order valence-corrected chi connectivity index (χ1v) is 24.8. The van der Waals surface area contributed by atoms with Crippen molar-refractivity contribution in [1.29, 1.82) is 0 Å². The lowest BCUT2D eigenvalue weighted by molar-refractivity contribution is 0.590. The highest BCUT2D eigenvalue weighted by Gasteiger charge is 2.54. The van der Waals surface area contributed by atoms with Crippen molar-refractivity contribution in [3.8, 4) is 22.3 Å². The highest BCUT2D eigenvalue weighted by atomic mass is 16.3. The summed E-state index contributed by atoms with van der Waals surface area (Å²) in [6, 6.07) is 70.7. The second-order valence-electron chi connectivity index (χ2n) is 21.9. The van der Waals surface area contributed by atoms with Crippen molar-refractivity contribution in [2.24, 2.45) is 0 Å². The van der Waals surface area contributed by atoms with E-state index in [0.717, 1.165) is 50.4 Å². The molecule has 0 amide bonds. The molecule has 0 bridgehead atoms. The Morgan fingerprint density at radius 2 is 1.00 bits per heavy atom. The van der Waals surface area contributed by atoms with Crippen LogP contribution in [-0.2, 0) is 16.2 Å². The minimum absolute atomic E-state index is 0.0407. The van der Waals surface area contributed by atoms with E-state index in [-0.39, 0.29) is 10.8 Å². The summed E-state index contributed by atoms with van der Waals surface area (Å²) in [4.78, 5) is 2.45. The SMILES string of the molecule is Cc1cc(C)cc(N(c2ccc(C(C)(C)C)cc2)c2ccc3c4c(c5ccccc5c3c2)-c2c(cc(Nc3ccc(C(C)(C)C)cc3)c3c2oc2ccccc23)C42c3ccccc3-c3ccccc32)c1. The molecule has 10 aromatic carbocycles. The van der Waals surface area contributed by atoms with Crippen molar-refractivity contribution in [2.45, 2.75) is 71.6 Å². The van der Waals surface area contributed by atoms with Crippen molar-refractivity contribution in [1.82, 2.24) is 0 Å². The number of nitrogens with zero attached hydrogens (tertiary/aromatic N) is 1. The molecule has 70 heavy (non-hydrogen) atoms. The van der Waals surface area contributed by atoms with Gasteiger partial charge in [0.05, 0.1) is 16.5 Å². The predicted molar refractivity (Wildman–Crippen MR) is 296 cm³/mol. The topological polar surface area (TPSA) is 28.4 Å². The molecular weight excluding hydrogens is 849 g/mol. The fourth-order valence-electron chi connectivity index (χ4n) is 12.3. The number of anilines is 5.